The molecule has 0 aliphatic carbocycles. The van der Waals surface area contributed by atoms with E-state index in [1.807, 2.05) is 19.1 Å². The second-order valence-electron chi connectivity index (χ2n) is 5.27. The average molecular weight is 324 g/mol. The molecule has 24 heavy (non-hydrogen) atoms. The lowest BCUT2D eigenvalue weighted by Gasteiger charge is -2.16. The van der Waals surface area contributed by atoms with Crippen LogP contribution in [0.4, 0.5) is 0 Å². The number of methoxy groups -OCH3 is 1. The number of benzene rings is 1. The molecule has 0 atom stereocenters. The molecule has 5 nitrogen and oxygen atoms in total. The van der Waals surface area contributed by atoms with Crippen LogP contribution in [0.15, 0.2) is 35.6 Å². The van der Waals surface area contributed by atoms with Gasteiger partial charge < -0.3 is 14.5 Å². The Morgan fingerprint density at radius 1 is 1.38 bits per heavy atom. The van der Waals surface area contributed by atoms with Crippen LogP contribution in [0.3, 0.4) is 0 Å². The molecule has 124 valence electrons. The number of ether oxygens (including phenoxy) is 2. The number of aromatic nitrogens is 1. The molecule has 5 heteroatoms. The van der Waals surface area contributed by atoms with Crippen molar-refractivity contribution in [3.8, 4) is 28.7 Å². The minimum Gasteiger partial charge on any atom is -0.493 e. The minimum absolute atomic E-state index is 0.0813. The first-order valence-corrected chi connectivity index (χ1v) is 7.64. The highest BCUT2D eigenvalue weighted by Gasteiger charge is 2.16. The molecule has 0 aliphatic heterocycles. The van der Waals surface area contributed by atoms with Crippen LogP contribution in [0, 0.1) is 18.3 Å². The lowest BCUT2D eigenvalue weighted by atomic mass is 9.97. The van der Waals surface area contributed by atoms with Gasteiger partial charge in [0, 0.05) is 16.8 Å². The SMILES string of the molecule is C=CCc1cc(-c2cc(C)[nH]c(=O)c2C#N)cc(OCC)c1OC. The lowest BCUT2D eigenvalue weighted by molar-refractivity contribution is 0.309. The van der Waals surface area contributed by atoms with Crippen LogP contribution in [-0.4, -0.2) is 18.7 Å². The van der Waals surface area contributed by atoms with E-state index in [1.165, 1.54) is 0 Å². The van der Waals surface area contributed by atoms with Gasteiger partial charge in [-0.15, -0.1) is 6.58 Å². The number of H-pyrrole nitrogens is 1. The second kappa shape index (κ2) is 7.51. The number of pyridine rings is 1. The van der Waals surface area contributed by atoms with Gasteiger partial charge in [0.05, 0.1) is 13.7 Å². The summed E-state index contributed by atoms with van der Waals surface area (Å²) in [7, 11) is 1.59. The van der Waals surface area contributed by atoms with Crippen molar-refractivity contribution in [2.24, 2.45) is 0 Å². The molecule has 1 aromatic carbocycles. The predicted octanol–water partition coefficient (Wildman–Crippen LogP) is 3.36. The van der Waals surface area contributed by atoms with Gasteiger partial charge in [-0.1, -0.05) is 6.08 Å². The normalized spacial score (nSPS) is 10.1. The van der Waals surface area contributed by atoms with Crippen molar-refractivity contribution >= 4 is 0 Å². The Morgan fingerprint density at radius 2 is 2.12 bits per heavy atom. The van der Waals surface area contributed by atoms with E-state index in [0.717, 1.165) is 11.1 Å². The van der Waals surface area contributed by atoms with Gasteiger partial charge in [0.2, 0.25) is 0 Å². The van der Waals surface area contributed by atoms with E-state index in [4.69, 9.17) is 9.47 Å². The van der Waals surface area contributed by atoms with Crippen LogP contribution in [0.25, 0.3) is 11.1 Å². The molecular weight excluding hydrogens is 304 g/mol. The molecule has 1 heterocycles. The Labute approximate surface area is 141 Å². The molecule has 0 spiro atoms. The molecule has 2 rings (SSSR count). The third kappa shape index (κ3) is 3.33. The standard InChI is InChI=1S/C19H20N2O3/c1-5-7-13-9-14(10-17(24-6-2)18(13)23-4)15-8-12(3)21-19(22)16(15)11-20/h5,8-10H,1,6-7H2,2-4H3,(H,21,22). The summed E-state index contributed by atoms with van der Waals surface area (Å²) in [5, 5.41) is 9.36. The fourth-order valence-electron chi connectivity index (χ4n) is 2.64. The van der Waals surface area contributed by atoms with Crippen LogP contribution in [0.1, 0.15) is 23.7 Å². The lowest BCUT2D eigenvalue weighted by Crippen LogP contribution is -2.13. The van der Waals surface area contributed by atoms with Gasteiger partial charge in [-0.25, -0.2) is 0 Å². The van der Waals surface area contributed by atoms with E-state index < -0.39 is 5.56 Å². The third-order valence-electron chi connectivity index (χ3n) is 3.59. The van der Waals surface area contributed by atoms with Gasteiger partial charge in [-0.3, -0.25) is 4.79 Å². The monoisotopic (exact) mass is 324 g/mol. The zero-order valence-corrected chi connectivity index (χ0v) is 14.1. The van der Waals surface area contributed by atoms with E-state index in [9.17, 15) is 10.1 Å². The molecule has 0 bridgehead atoms. The zero-order chi connectivity index (χ0) is 17.7. The molecule has 0 aliphatic rings. The highest BCUT2D eigenvalue weighted by atomic mass is 16.5. The summed E-state index contributed by atoms with van der Waals surface area (Å²) in [5.41, 5.74) is 2.57. The summed E-state index contributed by atoms with van der Waals surface area (Å²) in [6.07, 6.45) is 2.35. The number of nitriles is 1. The number of aromatic amines is 1. The van der Waals surface area contributed by atoms with Gasteiger partial charge in [-0.05, 0) is 44.0 Å². The second-order valence-corrected chi connectivity index (χ2v) is 5.27. The molecule has 0 fully saturated rings. The topological polar surface area (TPSA) is 75.1 Å². The Morgan fingerprint density at radius 3 is 2.71 bits per heavy atom. The molecule has 0 unspecified atom stereocenters. The molecule has 1 aromatic heterocycles. The smallest absolute Gasteiger partial charge is 0.266 e. The summed E-state index contributed by atoms with van der Waals surface area (Å²) in [6.45, 7) is 7.91. The minimum atomic E-state index is -0.397. The maximum Gasteiger partial charge on any atom is 0.266 e. The Bertz CT molecular complexity index is 860. The number of hydrogen-bond acceptors (Lipinski definition) is 4. The zero-order valence-electron chi connectivity index (χ0n) is 14.1. The molecule has 0 radical (unpaired) electrons. The molecule has 0 saturated carbocycles. The highest BCUT2D eigenvalue weighted by molar-refractivity contribution is 5.74. The molecule has 1 N–H and O–H groups in total. The molecular formula is C19H20N2O3. The van der Waals surface area contributed by atoms with Crippen LogP contribution in [0.2, 0.25) is 0 Å². The summed E-state index contributed by atoms with van der Waals surface area (Å²) >= 11 is 0. The Balaban J connectivity index is 2.78. The van der Waals surface area contributed by atoms with Crippen molar-refractivity contribution in [3.05, 3.63) is 58.0 Å². The summed E-state index contributed by atoms with van der Waals surface area (Å²) < 4.78 is 11.2. The summed E-state index contributed by atoms with van der Waals surface area (Å²) in [4.78, 5) is 14.7. The highest BCUT2D eigenvalue weighted by Crippen LogP contribution is 2.37. The first-order chi connectivity index (χ1) is 11.5. The third-order valence-corrected chi connectivity index (χ3v) is 3.59. The number of nitrogens with one attached hydrogen (secondary N) is 1. The predicted molar refractivity (Wildman–Crippen MR) is 93.6 cm³/mol. The van der Waals surface area contributed by atoms with E-state index in [0.29, 0.717) is 35.8 Å². The van der Waals surface area contributed by atoms with Crippen LogP contribution in [-0.2, 0) is 6.42 Å². The largest absolute Gasteiger partial charge is 0.493 e. The quantitative estimate of drug-likeness (QED) is 0.827. The van der Waals surface area contributed by atoms with Crippen molar-refractivity contribution in [1.29, 1.82) is 5.26 Å². The van der Waals surface area contributed by atoms with Crippen molar-refractivity contribution in [3.63, 3.8) is 0 Å². The maximum absolute atomic E-state index is 12.1. The van der Waals surface area contributed by atoms with Crippen molar-refractivity contribution < 1.29 is 9.47 Å². The van der Waals surface area contributed by atoms with E-state index >= 15 is 0 Å². The maximum atomic E-state index is 12.1. The average Bonchev–Trinajstić information content (AvgIpc) is 2.54. The first-order valence-electron chi connectivity index (χ1n) is 7.64. The van der Waals surface area contributed by atoms with Crippen LogP contribution >= 0.6 is 0 Å². The number of rotatable bonds is 6. The van der Waals surface area contributed by atoms with Gasteiger partial charge in [0.1, 0.15) is 11.6 Å². The van der Waals surface area contributed by atoms with Gasteiger partial charge >= 0.3 is 0 Å². The fourth-order valence-corrected chi connectivity index (χ4v) is 2.64. The van der Waals surface area contributed by atoms with Crippen molar-refractivity contribution in [1.82, 2.24) is 4.98 Å². The van der Waals surface area contributed by atoms with Crippen LogP contribution in [0.5, 0.6) is 11.5 Å². The number of hydrogen-bond donors (Lipinski definition) is 1. The van der Waals surface area contributed by atoms with E-state index in [2.05, 4.69) is 11.6 Å². The molecule has 2 aromatic rings. The van der Waals surface area contributed by atoms with Crippen molar-refractivity contribution in [2.75, 3.05) is 13.7 Å². The van der Waals surface area contributed by atoms with E-state index in [-0.39, 0.29) is 5.56 Å². The first kappa shape index (κ1) is 17.4. The van der Waals surface area contributed by atoms with Gasteiger partial charge in [0.15, 0.2) is 11.5 Å². The Hall–Kier alpha value is -3.00. The van der Waals surface area contributed by atoms with E-state index in [1.54, 1.807) is 32.2 Å². The molecule has 0 saturated heterocycles. The summed E-state index contributed by atoms with van der Waals surface area (Å²) in [5.74, 6) is 1.22. The van der Waals surface area contributed by atoms with Crippen molar-refractivity contribution in [2.45, 2.75) is 20.3 Å². The summed E-state index contributed by atoms with van der Waals surface area (Å²) in [6, 6.07) is 7.47. The molecule has 0 amide bonds. The van der Waals surface area contributed by atoms with Crippen LogP contribution < -0.4 is 15.0 Å². The van der Waals surface area contributed by atoms with Gasteiger partial charge in [-0.2, -0.15) is 5.26 Å². The number of nitrogens with zero attached hydrogens (tertiary/aromatic N) is 1. The number of allylic oxidation sites excluding steroid dienone is 1. The fraction of sp³-hybridized carbons (Fsp3) is 0.263. The number of aryl methyl sites for hydroxylation is 1. The Kier molecular flexibility index (Phi) is 5.43. The van der Waals surface area contributed by atoms with Gasteiger partial charge in [0.25, 0.3) is 5.56 Å².